The van der Waals surface area contributed by atoms with Gasteiger partial charge >= 0.3 is 0 Å². The van der Waals surface area contributed by atoms with Crippen LogP contribution in [0.4, 0.5) is 0 Å². The van der Waals surface area contributed by atoms with Gasteiger partial charge in [0.15, 0.2) is 0 Å². The third kappa shape index (κ3) is 3.64. The van der Waals surface area contributed by atoms with Crippen LogP contribution in [0.25, 0.3) is 33.2 Å². The Morgan fingerprint density at radius 3 is 2.55 bits per heavy atom. The van der Waals surface area contributed by atoms with E-state index >= 15 is 0 Å². The first-order chi connectivity index (χ1) is 14.1. The summed E-state index contributed by atoms with van der Waals surface area (Å²) < 4.78 is 6.17. The second kappa shape index (κ2) is 7.88. The number of pyridine rings is 1. The molecule has 0 radical (unpaired) electrons. The molecule has 29 heavy (non-hydrogen) atoms. The Kier molecular flexibility index (Phi) is 5.13. The fourth-order valence-electron chi connectivity index (χ4n) is 3.70. The van der Waals surface area contributed by atoms with Crippen LogP contribution >= 0.6 is 0 Å². The molecule has 0 fully saturated rings. The van der Waals surface area contributed by atoms with Gasteiger partial charge in [-0.1, -0.05) is 48.0 Å². The average Bonchev–Trinajstić information content (AvgIpc) is 3.10. The standard InChI is InChI=1S/C26H24N2O/c1-17-7-10-20(11-8-17)21(13-15-27-4)16-19(3)24-18(2)9-12-22-23-6-5-14-28-26(23)29-25(22)24/h5-16H,1-4H3/b19-16+,21-13+,27-15+. The van der Waals surface area contributed by atoms with Crippen molar-refractivity contribution in [2.75, 3.05) is 7.05 Å². The summed E-state index contributed by atoms with van der Waals surface area (Å²) in [5.74, 6) is 0. The number of allylic oxidation sites excluding steroid dienone is 4. The average molecular weight is 380 g/mol. The Hall–Kier alpha value is -3.46. The van der Waals surface area contributed by atoms with E-state index in [9.17, 15) is 0 Å². The van der Waals surface area contributed by atoms with Gasteiger partial charge in [-0.15, -0.1) is 0 Å². The third-order valence-corrected chi connectivity index (χ3v) is 5.18. The smallest absolute Gasteiger partial charge is 0.227 e. The quantitative estimate of drug-likeness (QED) is 0.289. The molecular weight excluding hydrogens is 356 g/mol. The molecule has 0 bridgehead atoms. The van der Waals surface area contributed by atoms with E-state index in [1.807, 2.05) is 18.4 Å². The van der Waals surface area contributed by atoms with E-state index in [0.717, 1.165) is 38.6 Å². The number of aliphatic imine (C=N–C) groups is 1. The van der Waals surface area contributed by atoms with Gasteiger partial charge < -0.3 is 4.42 Å². The first-order valence-electron chi connectivity index (χ1n) is 9.73. The molecule has 0 aliphatic rings. The molecule has 4 aromatic rings. The van der Waals surface area contributed by atoms with Crippen molar-refractivity contribution in [2.45, 2.75) is 20.8 Å². The summed E-state index contributed by atoms with van der Waals surface area (Å²) in [6, 6.07) is 16.8. The number of fused-ring (bicyclic) bond motifs is 3. The molecular formula is C26H24N2O. The summed E-state index contributed by atoms with van der Waals surface area (Å²) in [4.78, 5) is 8.53. The second-order valence-electron chi connectivity index (χ2n) is 7.31. The summed E-state index contributed by atoms with van der Waals surface area (Å²) >= 11 is 0. The van der Waals surface area contributed by atoms with Gasteiger partial charge in [-0.25, -0.2) is 4.98 Å². The number of hydrogen-bond acceptors (Lipinski definition) is 3. The van der Waals surface area contributed by atoms with Crippen molar-refractivity contribution in [1.82, 2.24) is 4.98 Å². The fourth-order valence-corrected chi connectivity index (χ4v) is 3.70. The molecule has 2 aromatic carbocycles. The van der Waals surface area contributed by atoms with Crippen molar-refractivity contribution in [3.05, 3.63) is 89.1 Å². The van der Waals surface area contributed by atoms with Crippen LogP contribution in [0.15, 0.2) is 76.3 Å². The van der Waals surface area contributed by atoms with Crippen LogP contribution in [-0.2, 0) is 0 Å². The zero-order chi connectivity index (χ0) is 20.4. The molecule has 0 saturated heterocycles. The Labute approximate surface area is 171 Å². The molecule has 0 saturated carbocycles. The summed E-state index contributed by atoms with van der Waals surface area (Å²) in [6.45, 7) is 6.35. The molecule has 0 unspecified atom stereocenters. The van der Waals surface area contributed by atoms with Crippen molar-refractivity contribution in [1.29, 1.82) is 0 Å². The van der Waals surface area contributed by atoms with Crippen LogP contribution in [0, 0.1) is 13.8 Å². The lowest BCUT2D eigenvalue weighted by Gasteiger charge is -2.10. The largest absolute Gasteiger partial charge is 0.437 e. The number of rotatable bonds is 4. The van der Waals surface area contributed by atoms with Crippen LogP contribution < -0.4 is 0 Å². The van der Waals surface area contributed by atoms with E-state index in [4.69, 9.17) is 4.42 Å². The summed E-state index contributed by atoms with van der Waals surface area (Å²) in [7, 11) is 1.78. The van der Waals surface area contributed by atoms with Crippen LogP contribution in [-0.4, -0.2) is 18.2 Å². The first-order valence-corrected chi connectivity index (χ1v) is 9.73. The monoisotopic (exact) mass is 380 g/mol. The van der Waals surface area contributed by atoms with Gasteiger partial charge in [-0.2, -0.15) is 0 Å². The van der Waals surface area contributed by atoms with Crippen molar-refractivity contribution >= 4 is 39.4 Å². The zero-order valence-corrected chi connectivity index (χ0v) is 17.2. The lowest BCUT2D eigenvalue weighted by molar-refractivity contribution is 0.652. The van der Waals surface area contributed by atoms with Gasteiger partial charge in [0.2, 0.25) is 5.71 Å². The van der Waals surface area contributed by atoms with E-state index in [2.05, 4.69) is 79.3 Å². The highest BCUT2D eigenvalue weighted by Gasteiger charge is 2.15. The number of hydrogen-bond donors (Lipinski definition) is 0. The Morgan fingerprint density at radius 1 is 1.00 bits per heavy atom. The summed E-state index contributed by atoms with van der Waals surface area (Å²) in [5, 5.41) is 2.14. The Balaban J connectivity index is 1.90. The van der Waals surface area contributed by atoms with Crippen LogP contribution in [0.3, 0.4) is 0 Å². The van der Waals surface area contributed by atoms with E-state index < -0.39 is 0 Å². The lowest BCUT2D eigenvalue weighted by Crippen LogP contribution is -1.90. The molecule has 2 heterocycles. The molecule has 0 atom stereocenters. The normalized spacial score (nSPS) is 13.1. The van der Waals surface area contributed by atoms with Gasteiger partial charge in [0.25, 0.3) is 0 Å². The second-order valence-corrected chi connectivity index (χ2v) is 7.31. The van der Waals surface area contributed by atoms with Crippen molar-refractivity contribution < 1.29 is 4.42 Å². The summed E-state index contributed by atoms with van der Waals surface area (Å²) in [6.07, 6.45) is 7.85. The lowest BCUT2D eigenvalue weighted by atomic mass is 9.95. The third-order valence-electron chi connectivity index (χ3n) is 5.18. The van der Waals surface area contributed by atoms with Gasteiger partial charge in [0.05, 0.1) is 0 Å². The minimum absolute atomic E-state index is 0.676. The fraction of sp³-hybridized carbons (Fsp3) is 0.154. The molecule has 0 aliphatic carbocycles. The van der Waals surface area contributed by atoms with Gasteiger partial charge in [0.1, 0.15) is 5.58 Å². The number of furan rings is 1. The molecule has 0 spiro atoms. The zero-order valence-electron chi connectivity index (χ0n) is 17.2. The van der Waals surface area contributed by atoms with E-state index in [-0.39, 0.29) is 0 Å². The highest BCUT2D eigenvalue weighted by Crippen LogP contribution is 2.35. The number of aromatic nitrogens is 1. The maximum absolute atomic E-state index is 6.17. The predicted octanol–water partition coefficient (Wildman–Crippen LogP) is 6.79. The van der Waals surface area contributed by atoms with Gasteiger partial charge in [-0.3, -0.25) is 4.99 Å². The van der Waals surface area contributed by atoms with E-state index in [0.29, 0.717) is 5.71 Å². The number of benzene rings is 2. The van der Waals surface area contributed by atoms with E-state index in [1.165, 1.54) is 11.1 Å². The van der Waals surface area contributed by atoms with Crippen LogP contribution in [0.2, 0.25) is 0 Å². The SMILES string of the molecule is C/N=C/C=C(\C=C(/C)c1c(C)ccc2c1oc1ncccc12)c1ccc(C)cc1. The van der Waals surface area contributed by atoms with E-state index in [1.54, 1.807) is 13.2 Å². The summed E-state index contributed by atoms with van der Waals surface area (Å²) in [5.41, 5.74) is 8.51. The van der Waals surface area contributed by atoms with Crippen LogP contribution in [0.5, 0.6) is 0 Å². The molecule has 0 amide bonds. The predicted molar refractivity (Wildman–Crippen MR) is 123 cm³/mol. The van der Waals surface area contributed by atoms with Gasteiger partial charge in [-0.05, 0) is 61.3 Å². The molecule has 0 aliphatic heterocycles. The minimum Gasteiger partial charge on any atom is -0.437 e. The van der Waals surface area contributed by atoms with Crippen molar-refractivity contribution in [3.63, 3.8) is 0 Å². The molecule has 3 nitrogen and oxygen atoms in total. The molecule has 3 heteroatoms. The Morgan fingerprint density at radius 2 is 1.79 bits per heavy atom. The minimum atomic E-state index is 0.676. The van der Waals surface area contributed by atoms with Crippen molar-refractivity contribution in [3.8, 4) is 0 Å². The molecule has 144 valence electrons. The maximum Gasteiger partial charge on any atom is 0.227 e. The first kappa shape index (κ1) is 18.9. The molecule has 0 N–H and O–H groups in total. The van der Waals surface area contributed by atoms with Crippen LogP contribution in [0.1, 0.15) is 29.2 Å². The highest BCUT2D eigenvalue weighted by molar-refractivity contribution is 6.08. The molecule has 4 rings (SSSR count). The van der Waals surface area contributed by atoms with Gasteiger partial charge in [0, 0.05) is 35.8 Å². The topological polar surface area (TPSA) is 38.4 Å². The highest BCUT2D eigenvalue weighted by atomic mass is 16.3. The molecule has 2 aromatic heterocycles. The number of nitrogens with zero attached hydrogens (tertiary/aromatic N) is 2. The van der Waals surface area contributed by atoms with Crippen molar-refractivity contribution in [2.24, 2.45) is 4.99 Å². The Bertz CT molecular complexity index is 1270. The number of aryl methyl sites for hydroxylation is 2. The maximum atomic E-state index is 6.17.